The number of carbonyl (C=O) groups is 2. The summed E-state index contributed by atoms with van der Waals surface area (Å²) in [5.74, 6) is -0.412. The number of esters is 1. The lowest BCUT2D eigenvalue weighted by Gasteiger charge is -2.33. The third-order valence-corrected chi connectivity index (χ3v) is 2.67. The highest BCUT2D eigenvalue weighted by molar-refractivity contribution is 5.81. The number of carbonyl (C=O) groups excluding carboxylic acids is 2. The monoisotopic (exact) mass is 244 g/mol. The molecule has 6 nitrogen and oxygen atoms in total. The molecule has 17 heavy (non-hydrogen) atoms. The van der Waals surface area contributed by atoms with Crippen molar-refractivity contribution in [3.05, 3.63) is 0 Å². The van der Waals surface area contributed by atoms with Gasteiger partial charge in [-0.2, -0.15) is 0 Å². The fourth-order valence-corrected chi connectivity index (χ4v) is 1.66. The first-order valence-corrected chi connectivity index (χ1v) is 5.92. The summed E-state index contributed by atoms with van der Waals surface area (Å²) in [5.41, 5.74) is 0. The zero-order valence-corrected chi connectivity index (χ0v) is 10.4. The molecule has 1 rings (SSSR count). The SMILES string of the molecule is CCCCOC(=O)N1CCNC[C@@H]1C(=O)OC. The largest absolute Gasteiger partial charge is 0.467 e. The second-order valence-electron chi connectivity index (χ2n) is 3.90. The molecule has 1 saturated heterocycles. The fraction of sp³-hybridized carbons (Fsp3) is 0.818. The predicted octanol–water partition coefficient (Wildman–Crippen LogP) is 0.370. The summed E-state index contributed by atoms with van der Waals surface area (Å²) in [7, 11) is 1.32. The number of nitrogens with one attached hydrogen (secondary N) is 1. The molecule has 0 aromatic rings. The molecule has 1 atom stereocenters. The summed E-state index contributed by atoms with van der Waals surface area (Å²) < 4.78 is 9.77. The summed E-state index contributed by atoms with van der Waals surface area (Å²) in [6.45, 7) is 3.96. The first-order valence-electron chi connectivity index (χ1n) is 5.92. The molecule has 1 amide bonds. The molecule has 0 saturated carbocycles. The highest BCUT2D eigenvalue weighted by Gasteiger charge is 2.33. The molecular weight excluding hydrogens is 224 g/mol. The highest BCUT2D eigenvalue weighted by Crippen LogP contribution is 2.07. The van der Waals surface area contributed by atoms with E-state index < -0.39 is 18.1 Å². The molecule has 1 heterocycles. The van der Waals surface area contributed by atoms with Crippen LogP contribution in [0.3, 0.4) is 0 Å². The number of amides is 1. The van der Waals surface area contributed by atoms with Crippen molar-refractivity contribution in [2.45, 2.75) is 25.8 Å². The number of nitrogens with zero attached hydrogens (tertiary/aromatic N) is 1. The van der Waals surface area contributed by atoms with Crippen LogP contribution in [0.4, 0.5) is 4.79 Å². The van der Waals surface area contributed by atoms with E-state index in [0.29, 0.717) is 26.2 Å². The van der Waals surface area contributed by atoms with Gasteiger partial charge in [0.1, 0.15) is 6.04 Å². The Kier molecular flexibility index (Phi) is 5.76. The maximum Gasteiger partial charge on any atom is 0.410 e. The van der Waals surface area contributed by atoms with Gasteiger partial charge in [-0.15, -0.1) is 0 Å². The molecule has 1 aliphatic heterocycles. The molecule has 98 valence electrons. The van der Waals surface area contributed by atoms with Crippen LogP contribution in [0.2, 0.25) is 0 Å². The molecule has 0 aromatic carbocycles. The summed E-state index contributed by atoms with van der Waals surface area (Å²) >= 11 is 0. The van der Waals surface area contributed by atoms with E-state index in [1.165, 1.54) is 12.0 Å². The van der Waals surface area contributed by atoms with Crippen molar-refractivity contribution in [1.82, 2.24) is 10.2 Å². The number of piperazine rings is 1. The Morgan fingerprint density at radius 1 is 1.47 bits per heavy atom. The molecule has 0 aliphatic carbocycles. The van der Waals surface area contributed by atoms with Gasteiger partial charge in [-0.3, -0.25) is 4.90 Å². The predicted molar refractivity (Wildman–Crippen MR) is 61.6 cm³/mol. The summed E-state index contributed by atoms with van der Waals surface area (Å²) in [4.78, 5) is 24.7. The second-order valence-corrected chi connectivity index (χ2v) is 3.90. The minimum Gasteiger partial charge on any atom is -0.467 e. The van der Waals surface area contributed by atoms with E-state index in [0.717, 1.165) is 12.8 Å². The quantitative estimate of drug-likeness (QED) is 0.571. The smallest absolute Gasteiger partial charge is 0.410 e. The van der Waals surface area contributed by atoms with E-state index >= 15 is 0 Å². The Bertz CT molecular complexity index is 270. The lowest BCUT2D eigenvalue weighted by atomic mass is 10.2. The standard InChI is InChI=1S/C11H20N2O4/c1-3-4-7-17-11(15)13-6-5-12-8-9(13)10(14)16-2/h9,12H,3-8H2,1-2H3/t9-/m1/s1. The van der Waals surface area contributed by atoms with Crippen LogP contribution in [-0.4, -0.2) is 56.4 Å². The minimum atomic E-state index is -0.581. The van der Waals surface area contributed by atoms with Crippen LogP contribution < -0.4 is 5.32 Å². The van der Waals surface area contributed by atoms with E-state index in [4.69, 9.17) is 4.74 Å². The second kappa shape index (κ2) is 7.11. The number of hydrogen-bond acceptors (Lipinski definition) is 5. The van der Waals surface area contributed by atoms with Crippen LogP contribution in [0, 0.1) is 0 Å². The van der Waals surface area contributed by atoms with Crippen molar-refractivity contribution in [3.63, 3.8) is 0 Å². The zero-order chi connectivity index (χ0) is 12.7. The molecule has 0 aromatic heterocycles. The summed E-state index contributed by atoms with van der Waals surface area (Å²) in [5, 5.41) is 3.05. The van der Waals surface area contributed by atoms with Crippen molar-refractivity contribution in [2.24, 2.45) is 0 Å². The molecule has 0 bridgehead atoms. The number of rotatable bonds is 4. The Balaban J connectivity index is 2.52. The van der Waals surface area contributed by atoms with E-state index in [2.05, 4.69) is 10.1 Å². The average molecular weight is 244 g/mol. The average Bonchev–Trinajstić information content (AvgIpc) is 2.38. The number of methoxy groups -OCH3 is 1. The van der Waals surface area contributed by atoms with Crippen LogP contribution in [-0.2, 0) is 14.3 Å². The number of ether oxygens (including phenoxy) is 2. The minimum absolute atomic E-state index is 0.396. The molecule has 1 aliphatic rings. The van der Waals surface area contributed by atoms with Gasteiger partial charge in [-0.05, 0) is 6.42 Å². The van der Waals surface area contributed by atoms with E-state index in [9.17, 15) is 9.59 Å². The van der Waals surface area contributed by atoms with Crippen molar-refractivity contribution in [3.8, 4) is 0 Å². The molecule has 1 fully saturated rings. The van der Waals surface area contributed by atoms with Gasteiger partial charge < -0.3 is 14.8 Å². The van der Waals surface area contributed by atoms with Crippen LogP contribution >= 0.6 is 0 Å². The highest BCUT2D eigenvalue weighted by atomic mass is 16.6. The molecule has 0 spiro atoms. The van der Waals surface area contributed by atoms with Crippen molar-refractivity contribution in [1.29, 1.82) is 0 Å². The first kappa shape index (κ1) is 13.8. The normalized spacial score (nSPS) is 19.9. The Morgan fingerprint density at radius 2 is 2.24 bits per heavy atom. The summed E-state index contributed by atoms with van der Waals surface area (Å²) in [6.07, 6.45) is 1.37. The van der Waals surface area contributed by atoms with Gasteiger partial charge in [0.2, 0.25) is 0 Å². The molecule has 0 unspecified atom stereocenters. The lowest BCUT2D eigenvalue weighted by Crippen LogP contribution is -2.57. The van der Waals surface area contributed by atoms with E-state index in [1.54, 1.807) is 0 Å². The molecule has 0 radical (unpaired) electrons. The molecule has 6 heteroatoms. The fourth-order valence-electron chi connectivity index (χ4n) is 1.66. The van der Waals surface area contributed by atoms with E-state index in [1.807, 2.05) is 6.92 Å². The van der Waals surface area contributed by atoms with Gasteiger partial charge >= 0.3 is 12.1 Å². The Hall–Kier alpha value is -1.30. The molecular formula is C11H20N2O4. The van der Waals surface area contributed by atoms with Gasteiger partial charge in [0.15, 0.2) is 0 Å². The van der Waals surface area contributed by atoms with E-state index in [-0.39, 0.29) is 0 Å². The maximum atomic E-state index is 11.8. The first-order chi connectivity index (χ1) is 8.20. The third kappa shape index (κ3) is 3.89. The molecule has 1 N–H and O–H groups in total. The van der Waals surface area contributed by atoms with Gasteiger partial charge in [-0.1, -0.05) is 13.3 Å². The van der Waals surface area contributed by atoms with Crippen LogP contribution in [0.5, 0.6) is 0 Å². The van der Waals surface area contributed by atoms with Crippen molar-refractivity contribution >= 4 is 12.1 Å². The van der Waals surface area contributed by atoms with Crippen LogP contribution in [0.15, 0.2) is 0 Å². The van der Waals surface area contributed by atoms with Gasteiger partial charge in [0.25, 0.3) is 0 Å². The number of hydrogen-bond donors (Lipinski definition) is 1. The summed E-state index contributed by atoms with van der Waals surface area (Å²) in [6, 6.07) is -0.581. The Labute approximate surface area is 101 Å². The maximum absolute atomic E-state index is 11.8. The van der Waals surface area contributed by atoms with Crippen molar-refractivity contribution in [2.75, 3.05) is 33.4 Å². The van der Waals surface area contributed by atoms with Crippen LogP contribution in [0.1, 0.15) is 19.8 Å². The van der Waals surface area contributed by atoms with Gasteiger partial charge in [0.05, 0.1) is 13.7 Å². The lowest BCUT2D eigenvalue weighted by molar-refractivity contribution is -0.146. The van der Waals surface area contributed by atoms with Crippen LogP contribution in [0.25, 0.3) is 0 Å². The number of unbranched alkanes of at least 4 members (excludes halogenated alkanes) is 1. The van der Waals surface area contributed by atoms with Gasteiger partial charge in [0, 0.05) is 19.6 Å². The van der Waals surface area contributed by atoms with Gasteiger partial charge in [-0.25, -0.2) is 9.59 Å². The topological polar surface area (TPSA) is 67.9 Å². The Morgan fingerprint density at radius 3 is 2.88 bits per heavy atom. The van der Waals surface area contributed by atoms with Crippen molar-refractivity contribution < 1.29 is 19.1 Å². The third-order valence-electron chi connectivity index (χ3n) is 2.67. The zero-order valence-electron chi connectivity index (χ0n) is 10.4.